The van der Waals surface area contributed by atoms with Crippen molar-refractivity contribution < 1.29 is 30.8 Å². The van der Waals surface area contributed by atoms with Crippen LogP contribution < -0.4 is 4.72 Å². The molecule has 1 amide bonds. The predicted octanol–water partition coefficient (Wildman–Crippen LogP) is 0.781. The second-order valence-electron chi connectivity index (χ2n) is 7.66. The van der Waals surface area contributed by atoms with Gasteiger partial charge in [-0.25, -0.2) is 25.9 Å². The lowest BCUT2D eigenvalue weighted by atomic mass is 10.0. The molecule has 1 N–H and O–H groups in total. The van der Waals surface area contributed by atoms with E-state index in [1.165, 1.54) is 11.0 Å². The maximum Gasteiger partial charge on any atom is 0.253 e. The van der Waals surface area contributed by atoms with Crippen molar-refractivity contribution in [3.8, 4) is 0 Å². The van der Waals surface area contributed by atoms with Crippen LogP contribution in [0.15, 0.2) is 23.1 Å². The fourth-order valence-corrected chi connectivity index (χ4v) is 6.62. The van der Waals surface area contributed by atoms with E-state index in [0.29, 0.717) is 32.4 Å². The summed E-state index contributed by atoms with van der Waals surface area (Å²) in [6, 6.07) is 3.10. The van der Waals surface area contributed by atoms with E-state index < -0.39 is 36.7 Å². The normalized spacial score (nSPS) is 19.5. The molecule has 0 bridgehead atoms. The number of carbonyl (C=O) groups is 1. The summed E-state index contributed by atoms with van der Waals surface area (Å²) in [5.74, 6) is -1.26. The average Bonchev–Trinajstić information content (AvgIpc) is 2.74. The maximum absolute atomic E-state index is 14.4. The lowest BCUT2D eigenvalue weighted by Crippen LogP contribution is -2.47. The zero-order valence-corrected chi connectivity index (χ0v) is 19.1. The Morgan fingerprint density at radius 1 is 1.13 bits per heavy atom. The summed E-state index contributed by atoms with van der Waals surface area (Å²) < 4.78 is 72.9. The Morgan fingerprint density at radius 3 is 2.39 bits per heavy atom. The van der Waals surface area contributed by atoms with Gasteiger partial charge in [0.15, 0.2) is 0 Å². The molecule has 174 valence electrons. The first-order valence-electron chi connectivity index (χ1n) is 10.3. The first-order chi connectivity index (χ1) is 14.6. The van der Waals surface area contributed by atoms with Crippen LogP contribution in [0.3, 0.4) is 0 Å². The Balaban J connectivity index is 1.70. The second kappa shape index (κ2) is 9.90. The molecule has 1 aromatic carbocycles. The number of halogens is 1. The van der Waals surface area contributed by atoms with Gasteiger partial charge in [-0.05, 0) is 37.5 Å². The highest BCUT2D eigenvalue weighted by Gasteiger charge is 2.31. The van der Waals surface area contributed by atoms with Crippen molar-refractivity contribution in [1.82, 2.24) is 13.9 Å². The number of ether oxygens (including phenoxy) is 1. The van der Waals surface area contributed by atoms with Crippen molar-refractivity contribution in [1.29, 1.82) is 0 Å². The molecule has 2 saturated heterocycles. The molecular weight excluding hydrogens is 449 g/mol. The topological polar surface area (TPSA) is 113 Å². The smallest absolute Gasteiger partial charge is 0.253 e. The van der Waals surface area contributed by atoms with E-state index in [1.54, 1.807) is 6.92 Å². The van der Waals surface area contributed by atoms with Crippen LogP contribution in [0.25, 0.3) is 0 Å². The summed E-state index contributed by atoms with van der Waals surface area (Å²) in [5, 5.41) is 0. The van der Waals surface area contributed by atoms with Gasteiger partial charge in [-0.3, -0.25) is 4.79 Å². The van der Waals surface area contributed by atoms with Crippen molar-refractivity contribution in [2.75, 3.05) is 45.1 Å². The fraction of sp³-hybridized carbons (Fsp3) is 0.632. The second-order valence-corrected chi connectivity index (χ2v) is 11.4. The maximum atomic E-state index is 14.4. The van der Waals surface area contributed by atoms with Crippen LogP contribution in [0.1, 0.15) is 36.5 Å². The number of morpholine rings is 1. The molecule has 0 saturated carbocycles. The minimum atomic E-state index is -4.08. The number of benzene rings is 1. The molecule has 9 nitrogen and oxygen atoms in total. The molecule has 0 aliphatic carbocycles. The van der Waals surface area contributed by atoms with E-state index in [2.05, 4.69) is 4.72 Å². The molecule has 0 aromatic heterocycles. The number of hydrogen-bond acceptors (Lipinski definition) is 6. The number of likely N-dealkylation sites (tertiary alicyclic amines) is 1. The summed E-state index contributed by atoms with van der Waals surface area (Å²) in [7, 11) is -7.42. The van der Waals surface area contributed by atoms with Crippen molar-refractivity contribution >= 4 is 26.0 Å². The zero-order valence-electron chi connectivity index (χ0n) is 17.4. The third-order valence-corrected chi connectivity index (χ3v) is 8.92. The highest BCUT2D eigenvalue weighted by molar-refractivity contribution is 7.89. The number of sulfonamides is 2. The van der Waals surface area contributed by atoms with Crippen molar-refractivity contribution in [3.63, 3.8) is 0 Å². The van der Waals surface area contributed by atoms with Gasteiger partial charge in [-0.15, -0.1) is 0 Å². The first kappa shape index (κ1) is 24.1. The highest BCUT2D eigenvalue weighted by Crippen LogP contribution is 2.23. The third kappa shape index (κ3) is 5.80. The molecule has 2 heterocycles. The van der Waals surface area contributed by atoms with Crippen molar-refractivity contribution in [2.45, 2.75) is 37.1 Å². The lowest BCUT2D eigenvalue weighted by Gasteiger charge is -2.32. The van der Waals surface area contributed by atoms with Gasteiger partial charge in [-0.1, -0.05) is 6.92 Å². The number of nitrogens with one attached hydrogen (secondary N) is 1. The monoisotopic (exact) mass is 477 g/mol. The first-order valence-corrected chi connectivity index (χ1v) is 13.4. The third-order valence-electron chi connectivity index (χ3n) is 5.37. The number of piperidine rings is 1. The van der Waals surface area contributed by atoms with Gasteiger partial charge in [0, 0.05) is 37.8 Å². The summed E-state index contributed by atoms with van der Waals surface area (Å²) >= 11 is 0. The van der Waals surface area contributed by atoms with E-state index in [-0.39, 0.29) is 43.7 Å². The molecule has 2 fully saturated rings. The molecule has 1 aromatic rings. The van der Waals surface area contributed by atoms with Crippen molar-refractivity contribution in [3.05, 3.63) is 29.6 Å². The predicted molar refractivity (Wildman–Crippen MR) is 112 cm³/mol. The minimum absolute atomic E-state index is 0.0577. The van der Waals surface area contributed by atoms with Gasteiger partial charge in [-0.2, -0.15) is 4.31 Å². The van der Waals surface area contributed by atoms with Gasteiger partial charge in [0.1, 0.15) is 10.7 Å². The summed E-state index contributed by atoms with van der Waals surface area (Å²) in [5.41, 5.74) is 0.0817. The standard InChI is InChI=1S/C19H28FN3O6S2/c1-2-13-30(25,26)21-16-5-7-22(8-6-16)19(24)15-3-4-17(20)18(14-15)31(27,28)23-9-11-29-12-10-23/h3-4,14,16,21H,2,5-13H2,1H3. The van der Waals surface area contributed by atoms with Crippen LogP contribution in [0.2, 0.25) is 0 Å². The number of amides is 1. The van der Waals surface area contributed by atoms with Crippen LogP contribution >= 0.6 is 0 Å². The molecular formula is C19H28FN3O6S2. The average molecular weight is 478 g/mol. The lowest BCUT2D eigenvalue weighted by molar-refractivity contribution is 0.0709. The molecule has 0 unspecified atom stereocenters. The molecule has 0 spiro atoms. The molecule has 2 aliphatic rings. The van der Waals surface area contributed by atoms with Crippen LogP contribution in [-0.4, -0.2) is 83.1 Å². The van der Waals surface area contributed by atoms with E-state index in [0.717, 1.165) is 16.4 Å². The van der Waals surface area contributed by atoms with Crippen molar-refractivity contribution in [2.24, 2.45) is 0 Å². The van der Waals surface area contributed by atoms with Crippen LogP contribution in [0, 0.1) is 5.82 Å². The van der Waals surface area contributed by atoms with E-state index in [4.69, 9.17) is 4.74 Å². The quantitative estimate of drug-likeness (QED) is 0.621. The molecule has 31 heavy (non-hydrogen) atoms. The summed E-state index contributed by atoms with van der Waals surface area (Å²) in [6.07, 6.45) is 1.43. The summed E-state index contributed by atoms with van der Waals surface area (Å²) in [4.78, 5) is 13.9. The van der Waals surface area contributed by atoms with Crippen LogP contribution in [0.5, 0.6) is 0 Å². The Kier molecular flexibility index (Phi) is 7.68. The van der Waals surface area contributed by atoms with E-state index >= 15 is 0 Å². The Bertz CT molecular complexity index is 1000. The fourth-order valence-electron chi connectivity index (χ4n) is 3.72. The van der Waals surface area contributed by atoms with Gasteiger partial charge in [0.2, 0.25) is 20.0 Å². The Hall–Kier alpha value is -1.60. The molecule has 0 atom stereocenters. The number of carbonyl (C=O) groups excluding carboxylic acids is 1. The Morgan fingerprint density at radius 2 is 1.77 bits per heavy atom. The van der Waals surface area contributed by atoms with Gasteiger partial charge in [0.25, 0.3) is 5.91 Å². The van der Waals surface area contributed by atoms with Gasteiger partial charge in [0.05, 0.1) is 19.0 Å². The molecule has 0 radical (unpaired) electrons. The number of rotatable bonds is 7. The number of hydrogen-bond donors (Lipinski definition) is 1. The highest BCUT2D eigenvalue weighted by atomic mass is 32.2. The minimum Gasteiger partial charge on any atom is -0.379 e. The van der Waals surface area contributed by atoms with Crippen LogP contribution in [-0.2, 0) is 24.8 Å². The molecule has 3 rings (SSSR count). The Labute approximate surface area is 182 Å². The SMILES string of the molecule is CCCS(=O)(=O)NC1CCN(C(=O)c2ccc(F)c(S(=O)(=O)N3CCOCC3)c2)CC1. The zero-order chi connectivity index (χ0) is 22.6. The largest absolute Gasteiger partial charge is 0.379 e. The van der Waals surface area contributed by atoms with E-state index in [9.17, 15) is 26.0 Å². The van der Waals surface area contributed by atoms with Gasteiger partial charge < -0.3 is 9.64 Å². The van der Waals surface area contributed by atoms with Gasteiger partial charge >= 0.3 is 0 Å². The van der Waals surface area contributed by atoms with Crippen LogP contribution in [0.4, 0.5) is 4.39 Å². The van der Waals surface area contributed by atoms with E-state index in [1.807, 2.05) is 0 Å². The molecule has 12 heteroatoms. The number of nitrogens with zero attached hydrogens (tertiary/aromatic N) is 2. The molecule has 2 aliphatic heterocycles. The summed E-state index contributed by atoms with van der Waals surface area (Å²) in [6.45, 7) is 3.15.